The highest BCUT2D eigenvalue weighted by Crippen LogP contribution is 2.14. The number of primary amides is 1. The van der Waals surface area contributed by atoms with Crippen LogP contribution in [-0.2, 0) is 0 Å². The van der Waals surface area contributed by atoms with Crippen molar-refractivity contribution in [3.63, 3.8) is 0 Å². The number of aryl methyl sites for hydroxylation is 1. The summed E-state index contributed by atoms with van der Waals surface area (Å²) in [7, 11) is 0. The van der Waals surface area contributed by atoms with Crippen LogP contribution in [0.3, 0.4) is 0 Å². The van der Waals surface area contributed by atoms with Crippen LogP contribution in [0.5, 0.6) is 0 Å². The molecule has 6 nitrogen and oxygen atoms in total. The molecule has 0 aromatic carbocycles. The molecule has 0 atom stereocenters. The molecule has 1 heterocycles. The summed E-state index contributed by atoms with van der Waals surface area (Å²) >= 11 is 0. The van der Waals surface area contributed by atoms with E-state index in [9.17, 15) is 4.79 Å². The summed E-state index contributed by atoms with van der Waals surface area (Å²) in [5.74, 6) is 0.522. The van der Waals surface area contributed by atoms with Gasteiger partial charge in [0.1, 0.15) is 11.9 Å². The first-order valence-corrected chi connectivity index (χ1v) is 4.78. The summed E-state index contributed by atoms with van der Waals surface area (Å²) in [6.45, 7) is 2.69. The molecule has 4 N–H and O–H groups in total. The molecule has 0 saturated carbocycles. The lowest BCUT2D eigenvalue weighted by molar-refractivity contribution is 0.249. The second-order valence-electron chi connectivity index (χ2n) is 3.18. The topological polar surface area (TPSA) is 104 Å². The largest absolute Gasteiger partial charge is 0.367 e. The van der Waals surface area contributed by atoms with Gasteiger partial charge < -0.3 is 16.4 Å². The number of carbonyl (C=O) groups excluding carboxylic acids is 1. The molecule has 0 aliphatic heterocycles. The normalized spacial score (nSPS) is 9.25. The molecule has 0 bridgehead atoms. The first-order chi connectivity index (χ1) is 7.65. The molecular formula is C10H13N5O. The molecule has 1 aromatic heterocycles. The maximum atomic E-state index is 10.4. The number of pyridine rings is 1. The Kier molecular flexibility index (Phi) is 4.09. The summed E-state index contributed by atoms with van der Waals surface area (Å²) < 4.78 is 0. The van der Waals surface area contributed by atoms with Crippen LogP contribution < -0.4 is 16.4 Å². The lowest BCUT2D eigenvalue weighted by atomic mass is 10.1. The fourth-order valence-electron chi connectivity index (χ4n) is 1.20. The zero-order valence-corrected chi connectivity index (χ0v) is 8.95. The zero-order chi connectivity index (χ0) is 12.0. The van der Waals surface area contributed by atoms with Crippen LogP contribution in [0.2, 0.25) is 0 Å². The van der Waals surface area contributed by atoms with E-state index in [0.29, 0.717) is 24.5 Å². The zero-order valence-electron chi connectivity index (χ0n) is 8.95. The van der Waals surface area contributed by atoms with Crippen molar-refractivity contribution in [3.05, 3.63) is 23.4 Å². The predicted octanol–water partition coefficient (Wildman–Crippen LogP) is 0.342. The van der Waals surface area contributed by atoms with Gasteiger partial charge >= 0.3 is 6.03 Å². The SMILES string of the molecule is Cc1ccnc(NCCNC(N)=O)c1C#N. The number of anilines is 1. The Labute approximate surface area is 93.5 Å². The number of amides is 2. The highest BCUT2D eigenvalue weighted by atomic mass is 16.2. The summed E-state index contributed by atoms with van der Waals surface area (Å²) in [4.78, 5) is 14.5. The van der Waals surface area contributed by atoms with Crippen molar-refractivity contribution >= 4 is 11.8 Å². The standard InChI is InChI=1S/C10H13N5O/c1-7-2-3-13-9(8(7)6-11)14-4-5-15-10(12)16/h2-3H,4-5H2,1H3,(H,13,14)(H3,12,15,16). The van der Waals surface area contributed by atoms with Gasteiger partial charge in [0.05, 0.1) is 5.56 Å². The Morgan fingerprint density at radius 2 is 2.38 bits per heavy atom. The second-order valence-corrected chi connectivity index (χ2v) is 3.18. The van der Waals surface area contributed by atoms with E-state index in [1.165, 1.54) is 0 Å². The molecule has 0 unspecified atom stereocenters. The molecule has 0 saturated heterocycles. The van der Waals surface area contributed by atoms with Gasteiger partial charge in [-0.15, -0.1) is 0 Å². The van der Waals surface area contributed by atoms with E-state index in [4.69, 9.17) is 11.0 Å². The third-order valence-electron chi connectivity index (χ3n) is 1.99. The fraction of sp³-hybridized carbons (Fsp3) is 0.300. The monoisotopic (exact) mass is 219 g/mol. The van der Waals surface area contributed by atoms with E-state index in [0.717, 1.165) is 5.56 Å². The summed E-state index contributed by atoms with van der Waals surface area (Å²) in [6, 6.07) is 3.28. The number of rotatable bonds is 4. The lowest BCUT2D eigenvalue weighted by Crippen LogP contribution is -2.33. The number of hydrogen-bond donors (Lipinski definition) is 3. The van der Waals surface area contributed by atoms with E-state index in [2.05, 4.69) is 21.7 Å². The minimum absolute atomic E-state index is 0.385. The van der Waals surface area contributed by atoms with Crippen LogP contribution >= 0.6 is 0 Å². The summed E-state index contributed by atoms with van der Waals surface area (Å²) in [5.41, 5.74) is 6.29. The van der Waals surface area contributed by atoms with Crippen LogP contribution in [0.15, 0.2) is 12.3 Å². The predicted molar refractivity (Wildman–Crippen MR) is 59.8 cm³/mol. The molecule has 84 valence electrons. The van der Waals surface area contributed by atoms with Gasteiger partial charge in [-0.3, -0.25) is 0 Å². The van der Waals surface area contributed by atoms with E-state index in [1.54, 1.807) is 12.3 Å². The number of urea groups is 1. The minimum atomic E-state index is -0.570. The van der Waals surface area contributed by atoms with Crippen LogP contribution in [0.25, 0.3) is 0 Å². The number of nitriles is 1. The number of nitrogens with two attached hydrogens (primary N) is 1. The van der Waals surface area contributed by atoms with Gasteiger partial charge in [-0.2, -0.15) is 5.26 Å². The molecule has 6 heteroatoms. The van der Waals surface area contributed by atoms with Crippen LogP contribution in [-0.4, -0.2) is 24.1 Å². The van der Waals surface area contributed by atoms with Gasteiger partial charge in [0.25, 0.3) is 0 Å². The van der Waals surface area contributed by atoms with Crippen molar-refractivity contribution in [2.75, 3.05) is 18.4 Å². The number of hydrogen-bond acceptors (Lipinski definition) is 4. The first kappa shape index (κ1) is 11.8. The van der Waals surface area contributed by atoms with Crippen molar-refractivity contribution < 1.29 is 4.79 Å². The van der Waals surface area contributed by atoms with Crippen LogP contribution in [0.4, 0.5) is 10.6 Å². The van der Waals surface area contributed by atoms with Gasteiger partial charge in [-0.05, 0) is 18.6 Å². The van der Waals surface area contributed by atoms with E-state index < -0.39 is 6.03 Å². The molecule has 1 aromatic rings. The lowest BCUT2D eigenvalue weighted by Gasteiger charge is -2.08. The number of nitrogens with one attached hydrogen (secondary N) is 2. The highest BCUT2D eigenvalue weighted by molar-refractivity contribution is 5.71. The minimum Gasteiger partial charge on any atom is -0.367 e. The Balaban J connectivity index is 2.58. The molecular weight excluding hydrogens is 206 g/mol. The van der Waals surface area contributed by atoms with Gasteiger partial charge in [0.2, 0.25) is 0 Å². The molecule has 16 heavy (non-hydrogen) atoms. The summed E-state index contributed by atoms with van der Waals surface area (Å²) in [6.07, 6.45) is 1.63. The molecule has 0 aliphatic carbocycles. The number of carbonyl (C=O) groups is 1. The quantitative estimate of drug-likeness (QED) is 0.635. The van der Waals surface area contributed by atoms with E-state index in [1.807, 2.05) is 6.92 Å². The highest BCUT2D eigenvalue weighted by Gasteiger charge is 2.05. The van der Waals surface area contributed by atoms with Crippen molar-refractivity contribution in [3.8, 4) is 6.07 Å². The molecule has 0 fully saturated rings. The molecule has 0 spiro atoms. The Bertz CT molecular complexity index is 424. The molecule has 2 amide bonds. The third kappa shape index (κ3) is 3.13. The maximum Gasteiger partial charge on any atom is 0.312 e. The third-order valence-corrected chi connectivity index (χ3v) is 1.99. The van der Waals surface area contributed by atoms with Crippen molar-refractivity contribution in [1.82, 2.24) is 10.3 Å². The number of aromatic nitrogens is 1. The second kappa shape index (κ2) is 5.56. The molecule has 0 aliphatic rings. The molecule has 0 radical (unpaired) electrons. The van der Waals surface area contributed by atoms with Gasteiger partial charge in [-0.25, -0.2) is 9.78 Å². The van der Waals surface area contributed by atoms with E-state index in [-0.39, 0.29) is 0 Å². The smallest absolute Gasteiger partial charge is 0.312 e. The van der Waals surface area contributed by atoms with Crippen LogP contribution in [0.1, 0.15) is 11.1 Å². The Morgan fingerprint density at radius 1 is 1.62 bits per heavy atom. The maximum absolute atomic E-state index is 10.4. The summed E-state index contributed by atoms with van der Waals surface area (Å²) in [5, 5.41) is 14.3. The number of nitrogens with zero attached hydrogens (tertiary/aromatic N) is 2. The van der Waals surface area contributed by atoms with Gasteiger partial charge in [-0.1, -0.05) is 0 Å². The Hall–Kier alpha value is -2.29. The van der Waals surface area contributed by atoms with Crippen molar-refractivity contribution in [2.24, 2.45) is 5.73 Å². The van der Waals surface area contributed by atoms with Crippen molar-refractivity contribution in [1.29, 1.82) is 5.26 Å². The van der Waals surface area contributed by atoms with Crippen molar-refractivity contribution in [2.45, 2.75) is 6.92 Å². The van der Waals surface area contributed by atoms with Crippen LogP contribution in [0, 0.1) is 18.3 Å². The Morgan fingerprint density at radius 3 is 3.00 bits per heavy atom. The molecule has 1 rings (SSSR count). The average Bonchev–Trinajstić information content (AvgIpc) is 2.24. The first-order valence-electron chi connectivity index (χ1n) is 4.78. The average molecular weight is 219 g/mol. The van der Waals surface area contributed by atoms with Gasteiger partial charge in [0, 0.05) is 19.3 Å². The fourth-order valence-corrected chi connectivity index (χ4v) is 1.20. The van der Waals surface area contributed by atoms with Gasteiger partial charge in [0.15, 0.2) is 0 Å². The van der Waals surface area contributed by atoms with E-state index >= 15 is 0 Å².